The molecule has 35 heavy (non-hydrogen) atoms. The summed E-state index contributed by atoms with van der Waals surface area (Å²) in [5.41, 5.74) is -3.47. The average molecular weight is 514 g/mol. The number of aliphatic hydroxyl groups excluding tert-OH is 1. The van der Waals surface area contributed by atoms with Gasteiger partial charge < -0.3 is 10.4 Å². The lowest BCUT2D eigenvalue weighted by atomic mass is 10.1. The number of rotatable bonds is 5. The first-order valence-corrected chi connectivity index (χ1v) is 10.00. The van der Waals surface area contributed by atoms with Gasteiger partial charge in [-0.15, -0.1) is 5.11 Å². The van der Waals surface area contributed by atoms with Crippen LogP contribution in [-0.4, -0.2) is 11.0 Å². The van der Waals surface area contributed by atoms with Crippen LogP contribution in [0.5, 0.6) is 0 Å². The number of aliphatic hydroxyl groups is 1. The summed E-state index contributed by atoms with van der Waals surface area (Å²) >= 11 is 5.58. The smallest absolute Gasteiger partial charge is 0.417 e. The molecule has 0 atom stereocenters. The normalized spacial score (nSPS) is 13.0. The molecule has 0 saturated heterocycles. The Kier molecular flexibility index (Phi) is 7.49. The van der Waals surface area contributed by atoms with Crippen molar-refractivity contribution in [3.05, 3.63) is 100 Å². The van der Waals surface area contributed by atoms with Gasteiger partial charge in [-0.25, -0.2) is 0 Å². The molecule has 182 valence electrons. The molecule has 0 bridgehead atoms. The quantitative estimate of drug-likeness (QED) is 0.157. The number of carbonyl (C=O) groups excluding carboxylic acids is 1. The van der Waals surface area contributed by atoms with Crippen LogP contribution in [0.1, 0.15) is 16.7 Å². The summed E-state index contributed by atoms with van der Waals surface area (Å²) in [6.07, 6.45) is -9.45. The fourth-order valence-electron chi connectivity index (χ4n) is 2.80. The molecule has 0 aliphatic carbocycles. The maximum absolute atomic E-state index is 13.1. The topological polar surface area (TPSA) is 74.0 Å². The summed E-state index contributed by atoms with van der Waals surface area (Å²) in [7, 11) is 0. The summed E-state index contributed by atoms with van der Waals surface area (Å²) in [6, 6.07) is 13.8. The van der Waals surface area contributed by atoms with Crippen LogP contribution in [0, 0.1) is 0 Å². The molecule has 5 nitrogen and oxygen atoms in total. The highest BCUT2D eigenvalue weighted by Gasteiger charge is 2.34. The average Bonchev–Trinajstić information content (AvgIpc) is 2.80. The lowest BCUT2D eigenvalue weighted by molar-refractivity contribution is -0.138. The number of anilines is 1. The van der Waals surface area contributed by atoms with Crippen molar-refractivity contribution in [1.29, 1.82) is 0 Å². The maximum Gasteiger partial charge on any atom is 0.417 e. The van der Waals surface area contributed by atoms with Gasteiger partial charge in [-0.05, 0) is 36.4 Å². The molecule has 0 fully saturated rings. The number of hydrogen-bond donors (Lipinski definition) is 2. The SMILES string of the molecule is O=C(Nc1ccc(Cl)c(C(F)(F)F)c1)/C(N=Nc1cccc(C(F)(F)F)c1)=C(\O)c1ccccc1. The number of benzene rings is 3. The first-order valence-electron chi connectivity index (χ1n) is 9.62. The summed E-state index contributed by atoms with van der Waals surface area (Å²) in [5, 5.41) is 19.4. The number of nitrogens with zero attached hydrogens (tertiary/aromatic N) is 2. The molecule has 12 heteroatoms. The number of hydrogen-bond acceptors (Lipinski definition) is 4. The third-order valence-electron chi connectivity index (χ3n) is 4.46. The molecule has 1 amide bonds. The van der Waals surface area contributed by atoms with Gasteiger partial charge in [0.2, 0.25) is 0 Å². The Bertz CT molecular complexity index is 1290. The van der Waals surface area contributed by atoms with E-state index < -0.39 is 45.9 Å². The number of alkyl halides is 6. The predicted octanol–water partition coefficient (Wildman–Crippen LogP) is 8.03. The van der Waals surface area contributed by atoms with Crippen LogP contribution >= 0.6 is 11.6 Å². The predicted molar refractivity (Wildman–Crippen MR) is 117 cm³/mol. The lowest BCUT2D eigenvalue weighted by Gasteiger charge is -2.12. The number of nitrogens with one attached hydrogen (secondary N) is 1. The molecular weight excluding hydrogens is 500 g/mol. The second-order valence-corrected chi connectivity index (χ2v) is 7.37. The second-order valence-electron chi connectivity index (χ2n) is 6.96. The minimum Gasteiger partial charge on any atom is -0.505 e. The summed E-state index contributed by atoms with van der Waals surface area (Å²) in [5.74, 6) is -1.87. The van der Waals surface area contributed by atoms with E-state index >= 15 is 0 Å². The molecule has 0 aliphatic rings. The number of carbonyl (C=O) groups is 1. The van der Waals surface area contributed by atoms with Gasteiger partial charge in [-0.3, -0.25) is 4.79 Å². The second kappa shape index (κ2) is 10.2. The molecule has 0 unspecified atom stereocenters. The van der Waals surface area contributed by atoms with Gasteiger partial charge in [0.15, 0.2) is 11.5 Å². The van der Waals surface area contributed by atoms with Crippen LogP contribution < -0.4 is 5.32 Å². The van der Waals surface area contributed by atoms with Crippen LogP contribution in [-0.2, 0) is 17.1 Å². The molecule has 0 aliphatic heterocycles. The van der Waals surface area contributed by atoms with E-state index in [1.807, 2.05) is 0 Å². The molecule has 0 spiro atoms. The monoisotopic (exact) mass is 513 g/mol. The van der Waals surface area contributed by atoms with E-state index in [1.165, 1.54) is 30.3 Å². The van der Waals surface area contributed by atoms with E-state index in [0.717, 1.165) is 24.3 Å². The van der Waals surface area contributed by atoms with Crippen LogP contribution in [0.15, 0.2) is 88.7 Å². The highest BCUT2D eigenvalue weighted by Crippen LogP contribution is 2.36. The third-order valence-corrected chi connectivity index (χ3v) is 4.78. The van der Waals surface area contributed by atoms with Crippen LogP contribution in [0.4, 0.5) is 37.7 Å². The van der Waals surface area contributed by atoms with Crippen molar-refractivity contribution in [1.82, 2.24) is 0 Å². The van der Waals surface area contributed by atoms with E-state index in [-0.39, 0.29) is 16.9 Å². The third kappa shape index (κ3) is 6.60. The zero-order valence-corrected chi connectivity index (χ0v) is 18.1. The fraction of sp³-hybridized carbons (Fsp3) is 0.0870. The first kappa shape index (κ1) is 25.8. The Morgan fingerprint density at radius 3 is 2.17 bits per heavy atom. The summed E-state index contributed by atoms with van der Waals surface area (Å²) < 4.78 is 78.3. The van der Waals surface area contributed by atoms with Crippen molar-refractivity contribution in [2.24, 2.45) is 10.2 Å². The van der Waals surface area contributed by atoms with Gasteiger partial charge in [0.1, 0.15) is 0 Å². The number of amides is 1. The van der Waals surface area contributed by atoms with Crippen LogP contribution in [0.3, 0.4) is 0 Å². The van der Waals surface area contributed by atoms with E-state index in [2.05, 4.69) is 15.5 Å². The Hall–Kier alpha value is -3.86. The van der Waals surface area contributed by atoms with Crippen molar-refractivity contribution in [2.45, 2.75) is 12.4 Å². The van der Waals surface area contributed by atoms with E-state index in [1.54, 1.807) is 6.07 Å². The van der Waals surface area contributed by atoms with Gasteiger partial charge in [-0.2, -0.15) is 31.5 Å². The zero-order chi connectivity index (χ0) is 25.8. The van der Waals surface area contributed by atoms with E-state index in [9.17, 15) is 36.2 Å². The van der Waals surface area contributed by atoms with Crippen molar-refractivity contribution in [2.75, 3.05) is 5.32 Å². The fourth-order valence-corrected chi connectivity index (χ4v) is 3.02. The molecule has 0 aromatic heterocycles. The summed E-state index contributed by atoms with van der Waals surface area (Å²) in [6.45, 7) is 0. The highest BCUT2D eigenvalue weighted by molar-refractivity contribution is 6.31. The van der Waals surface area contributed by atoms with Crippen LogP contribution in [0.2, 0.25) is 5.02 Å². The van der Waals surface area contributed by atoms with Gasteiger partial charge >= 0.3 is 12.4 Å². The van der Waals surface area contributed by atoms with Gasteiger partial charge in [0, 0.05) is 11.3 Å². The first-order chi connectivity index (χ1) is 16.4. The number of azo groups is 1. The highest BCUT2D eigenvalue weighted by atomic mass is 35.5. The van der Waals surface area contributed by atoms with Crippen molar-refractivity contribution >= 4 is 34.6 Å². The summed E-state index contributed by atoms with van der Waals surface area (Å²) in [4.78, 5) is 12.8. The molecule has 0 radical (unpaired) electrons. The Labute approximate surface area is 199 Å². The van der Waals surface area contributed by atoms with Crippen molar-refractivity contribution in [3.8, 4) is 0 Å². The van der Waals surface area contributed by atoms with Gasteiger partial charge in [0.25, 0.3) is 5.91 Å². The Morgan fingerprint density at radius 2 is 1.54 bits per heavy atom. The van der Waals surface area contributed by atoms with Crippen molar-refractivity contribution in [3.63, 3.8) is 0 Å². The molecule has 0 heterocycles. The van der Waals surface area contributed by atoms with Gasteiger partial charge in [0.05, 0.1) is 21.8 Å². The van der Waals surface area contributed by atoms with E-state index in [0.29, 0.717) is 12.1 Å². The maximum atomic E-state index is 13.1. The largest absolute Gasteiger partial charge is 0.505 e. The standard InChI is InChI=1S/C23H14ClF6N3O2/c24-18-10-9-15(12-17(18)23(28,29)30)31-21(35)19(20(34)13-5-2-1-3-6-13)33-32-16-8-4-7-14(11-16)22(25,26)27/h1-12,34H,(H,31,35)/b20-19+,33-32?. The van der Waals surface area contributed by atoms with Gasteiger partial charge in [-0.1, -0.05) is 48.0 Å². The molecule has 2 N–H and O–H groups in total. The minimum atomic E-state index is -4.80. The van der Waals surface area contributed by atoms with E-state index in [4.69, 9.17) is 11.6 Å². The molecule has 0 saturated carbocycles. The lowest BCUT2D eigenvalue weighted by Crippen LogP contribution is -2.16. The van der Waals surface area contributed by atoms with Crippen LogP contribution in [0.25, 0.3) is 5.76 Å². The molecular formula is C23H14ClF6N3O2. The molecule has 3 rings (SSSR count). The molecule has 3 aromatic carbocycles. The minimum absolute atomic E-state index is 0.104. The zero-order valence-electron chi connectivity index (χ0n) is 17.3. The number of halogens is 7. The Morgan fingerprint density at radius 1 is 0.857 bits per heavy atom. The Balaban J connectivity index is 2.01. The molecule has 3 aromatic rings. The van der Waals surface area contributed by atoms with Crippen molar-refractivity contribution < 1.29 is 36.2 Å².